The molecule has 0 spiro atoms. The molecule has 2 aromatic carbocycles. The summed E-state index contributed by atoms with van der Waals surface area (Å²) < 4.78 is 0.999. The smallest absolute Gasteiger partial charge is 0.225 e. The summed E-state index contributed by atoms with van der Waals surface area (Å²) in [7, 11) is 0. The van der Waals surface area contributed by atoms with Crippen molar-refractivity contribution >= 4 is 38.4 Å². The van der Waals surface area contributed by atoms with Gasteiger partial charge in [0.05, 0.1) is 0 Å². The van der Waals surface area contributed by atoms with Crippen LogP contribution in [0.1, 0.15) is 12.0 Å². The zero-order chi connectivity index (χ0) is 16.8. The van der Waals surface area contributed by atoms with Gasteiger partial charge in [-0.15, -0.1) is 0 Å². The molecule has 0 saturated carbocycles. The van der Waals surface area contributed by atoms with Crippen LogP contribution in [0, 0.1) is 0 Å². The molecule has 24 heavy (non-hydrogen) atoms. The largest absolute Gasteiger partial charge is 0.361 e. The van der Waals surface area contributed by atoms with Crippen molar-refractivity contribution < 1.29 is 4.79 Å². The Morgan fingerprint density at radius 2 is 1.83 bits per heavy atom. The fourth-order valence-electron chi connectivity index (χ4n) is 2.65. The number of carbonyl (C=O) groups excluding carboxylic acids is 1. The van der Waals surface area contributed by atoms with Crippen LogP contribution in [0.25, 0.3) is 10.9 Å². The highest BCUT2D eigenvalue weighted by atomic mass is 79.9. The number of aromatic nitrogens is 1. The number of H-pyrrole nitrogens is 1. The first-order chi connectivity index (χ1) is 11.7. The van der Waals surface area contributed by atoms with Gasteiger partial charge in [-0.25, -0.2) is 0 Å². The van der Waals surface area contributed by atoms with E-state index in [1.165, 1.54) is 16.5 Å². The van der Waals surface area contributed by atoms with Crippen LogP contribution >= 0.6 is 15.9 Å². The molecule has 3 N–H and O–H groups in total. The molecular weight excluding hydrogens is 366 g/mol. The molecule has 0 fully saturated rings. The Bertz CT molecular complexity index is 811. The van der Waals surface area contributed by atoms with Gasteiger partial charge in [-0.3, -0.25) is 4.79 Å². The predicted molar refractivity (Wildman–Crippen MR) is 102 cm³/mol. The van der Waals surface area contributed by atoms with Crippen molar-refractivity contribution in [2.45, 2.75) is 12.8 Å². The minimum Gasteiger partial charge on any atom is -0.361 e. The number of carbonyl (C=O) groups is 1. The number of nitrogens with one attached hydrogen (secondary N) is 3. The fraction of sp³-hybridized carbons (Fsp3) is 0.211. The number of aromatic amines is 1. The SMILES string of the molecule is O=C(CCNCCc1c[nH]c2ccccc12)Nc1ccc(Br)cc1. The van der Waals surface area contributed by atoms with Crippen LogP contribution in [0.15, 0.2) is 59.2 Å². The Kier molecular flexibility index (Phi) is 5.67. The van der Waals surface area contributed by atoms with Crippen molar-refractivity contribution in [3.05, 3.63) is 64.8 Å². The zero-order valence-electron chi connectivity index (χ0n) is 13.3. The number of hydrogen-bond acceptors (Lipinski definition) is 2. The van der Waals surface area contributed by atoms with Gasteiger partial charge in [0.2, 0.25) is 5.91 Å². The lowest BCUT2D eigenvalue weighted by molar-refractivity contribution is -0.116. The van der Waals surface area contributed by atoms with Crippen molar-refractivity contribution in [2.75, 3.05) is 18.4 Å². The zero-order valence-corrected chi connectivity index (χ0v) is 14.9. The Labute approximate surface area is 149 Å². The maximum absolute atomic E-state index is 11.9. The lowest BCUT2D eigenvalue weighted by Crippen LogP contribution is -2.23. The molecule has 0 aliphatic heterocycles. The van der Waals surface area contributed by atoms with Crippen LogP contribution in [0.2, 0.25) is 0 Å². The molecule has 1 heterocycles. The Balaban J connectivity index is 1.38. The minimum atomic E-state index is 0.0249. The van der Waals surface area contributed by atoms with E-state index < -0.39 is 0 Å². The number of anilines is 1. The van der Waals surface area contributed by atoms with Gasteiger partial charge in [0.15, 0.2) is 0 Å². The molecular formula is C19H20BrN3O. The average Bonchev–Trinajstić information content (AvgIpc) is 3.00. The van der Waals surface area contributed by atoms with E-state index >= 15 is 0 Å². The van der Waals surface area contributed by atoms with Gasteiger partial charge >= 0.3 is 0 Å². The number of rotatable bonds is 7. The second kappa shape index (κ2) is 8.13. The van der Waals surface area contributed by atoms with E-state index in [9.17, 15) is 4.79 Å². The molecule has 0 bridgehead atoms. The van der Waals surface area contributed by atoms with E-state index in [1.54, 1.807) is 0 Å². The first kappa shape index (κ1) is 16.7. The van der Waals surface area contributed by atoms with Gasteiger partial charge in [0.25, 0.3) is 0 Å². The monoisotopic (exact) mass is 385 g/mol. The molecule has 1 aromatic heterocycles. The van der Waals surface area contributed by atoms with Crippen LogP contribution in [0.3, 0.4) is 0 Å². The molecule has 5 heteroatoms. The highest BCUT2D eigenvalue weighted by Crippen LogP contribution is 2.17. The highest BCUT2D eigenvalue weighted by molar-refractivity contribution is 9.10. The van der Waals surface area contributed by atoms with Crippen molar-refractivity contribution in [3.63, 3.8) is 0 Å². The van der Waals surface area contributed by atoms with Gasteiger partial charge < -0.3 is 15.6 Å². The Morgan fingerprint density at radius 3 is 2.67 bits per heavy atom. The summed E-state index contributed by atoms with van der Waals surface area (Å²) in [6.45, 7) is 1.53. The number of hydrogen-bond donors (Lipinski definition) is 3. The third kappa shape index (κ3) is 4.46. The molecule has 124 valence electrons. The van der Waals surface area contributed by atoms with Gasteiger partial charge in [-0.05, 0) is 48.9 Å². The Hall–Kier alpha value is -2.11. The van der Waals surface area contributed by atoms with Crippen LogP contribution in [0.4, 0.5) is 5.69 Å². The first-order valence-electron chi connectivity index (χ1n) is 8.03. The van der Waals surface area contributed by atoms with Crippen molar-refractivity contribution in [1.82, 2.24) is 10.3 Å². The van der Waals surface area contributed by atoms with Gasteiger partial charge in [-0.2, -0.15) is 0 Å². The Morgan fingerprint density at radius 1 is 1.04 bits per heavy atom. The molecule has 0 radical (unpaired) electrons. The highest BCUT2D eigenvalue weighted by Gasteiger charge is 2.04. The lowest BCUT2D eigenvalue weighted by atomic mass is 10.1. The summed E-state index contributed by atoms with van der Waals surface area (Å²) >= 11 is 3.38. The molecule has 0 aliphatic carbocycles. The molecule has 1 amide bonds. The third-order valence-electron chi connectivity index (χ3n) is 3.90. The standard InChI is InChI=1S/C19H20BrN3O/c20-15-5-7-16(8-6-15)23-19(24)10-12-21-11-9-14-13-22-18-4-2-1-3-17(14)18/h1-8,13,21-22H,9-12H2,(H,23,24). The first-order valence-corrected chi connectivity index (χ1v) is 8.83. The summed E-state index contributed by atoms with van der Waals surface area (Å²) in [5, 5.41) is 7.50. The number of fused-ring (bicyclic) bond motifs is 1. The van der Waals surface area contributed by atoms with Crippen LogP contribution in [-0.2, 0) is 11.2 Å². The number of halogens is 1. The normalized spacial score (nSPS) is 10.9. The maximum atomic E-state index is 11.9. The van der Waals surface area contributed by atoms with Crippen LogP contribution < -0.4 is 10.6 Å². The van der Waals surface area contributed by atoms with Crippen LogP contribution in [-0.4, -0.2) is 24.0 Å². The molecule has 0 unspecified atom stereocenters. The summed E-state index contributed by atoms with van der Waals surface area (Å²) in [6, 6.07) is 15.9. The second-order valence-corrected chi connectivity index (χ2v) is 6.58. The summed E-state index contributed by atoms with van der Waals surface area (Å²) in [4.78, 5) is 15.2. The van der Waals surface area contributed by atoms with Crippen molar-refractivity contribution in [1.29, 1.82) is 0 Å². The van der Waals surface area contributed by atoms with E-state index in [2.05, 4.69) is 55.9 Å². The summed E-state index contributed by atoms with van der Waals surface area (Å²) in [5.41, 5.74) is 3.29. The van der Waals surface area contributed by atoms with E-state index in [0.717, 1.165) is 23.1 Å². The summed E-state index contributed by atoms with van der Waals surface area (Å²) in [5.74, 6) is 0.0249. The van der Waals surface area contributed by atoms with Crippen LogP contribution in [0.5, 0.6) is 0 Å². The maximum Gasteiger partial charge on any atom is 0.225 e. The van der Waals surface area contributed by atoms with E-state index in [0.29, 0.717) is 13.0 Å². The average molecular weight is 386 g/mol. The number of benzene rings is 2. The van der Waals surface area contributed by atoms with Gasteiger partial charge in [-0.1, -0.05) is 34.1 Å². The van der Waals surface area contributed by atoms with Gasteiger partial charge in [0.1, 0.15) is 0 Å². The van der Waals surface area contributed by atoms with E-state index in [-0.39, 0.29) is 5.91 Å². The second-order valence-electron chi connectivity index (χ2n) is 5.66. The summed E-state index contributed by atoms with van der Waals surface area (Å²) in [6.07, 6.45) is 3.47. The van der Waals surface area contributed by atoms with Gasteiger partial charge in [0, 0.05) is 40.2 Å². The molecule has 3 aromatic rings. The van der Waals surface area contributed by atoms with E-state index in [4.69, 9.17) is 0 Å². The minimum absolute atomic E-state index is 0.0249. The number of para-hydroxylation sites is 1. The number of amides is 1. The molecule has 0 atom stereocenters. The molecule has 0 saturated heterocycles. The predicted octanol–water partition coefficient (Wildman–Crippen LogP) is 4.09. The quantitative estimate of drug-likeness (QED) is 0.536. The molecule has 0 aliphatic rings. The lowest BCUT2D eigenvalue weighted by Gasteiger charge is -2.06. The fourth-order valence-corrected chi connectivity index (χ4v) is 2.91. The molecule has 4 nitrogen and oxygen atoms in total. The molecule has 3 rings (SSSR count). The third-order valence-corrected chi connectivity index (χ3v) is 4.43. The van der Waals surface area contributed by atoms with Crippen molar-refractivity contribution in [2.24, 2.45) is 0 Å². The van der Waals surface area contributed by atoms with Crippen molar-refractivity contribution in [3.8, 4) is 0 Å². The van der Waals surface area contributed by atoms with E-state index in [1.807, 2.05) is 30.3 Å². The topological polar surface area (TPSA) is 56.9 Å².